The maximum absolute atomic E-state index is 12.0. The highest BCUT2D eigenvalue weighted by molar-refractivity contribution is 7.80. The summed E-state index contributed by atoms with van der Waals surface area (Å²) < 4.78 is 5.35. The van der Waals surface area contributed by atoms with E-state index in [2.05, 4.69) is 19.2 Å². The third-order valence-corrected chi connectivity index (χ3v) is 4.13. The van der Waals surface area contributed by atoms with Crippen molar-refractivity contribution < 1.29 is 9.53 Å². The molecule has 1 saturated carbocycles. The van der Waals surface area contributed by atoms with Gasteiger partial charge in [0.15, 0.2) is 0 Å². The number of nitrogens with one attached hydrogen (secondary N) is 1. The Bertz CT molecular complexity index is 318. The van der Waals surface area contributed by atoms with E-state index in [1.54, 1.807) is 7.11 Å². The molecule has 0 bridgehead atoms. The second kappa shape index (κ2) is 5.31. The number of carbonyl (C=O) groups is 1. The van der Waals surface area contributed by atoms with Gasteiger partial charge in [0.25, 0.3) is 0 Å². The Balaban J connectivity index is 2.57. The zero-order chi connectivity index (χ0) is 13.2. The molecule has 0 aromatic heterocycles. The van der Waals surface area contributed by atoms with Crippen LogP contribution in [0, 0.1) is 11.3 Å². The number of amides is 1. The quantitative estimate of drug-likeness (QED) is 0.728. The van der Waals surface area contributed by atoms with Crippen LogP contribution in [0.2, 0.25) is 0 Å². The van der Waals surface area contributed by atoms with Crippen LogP contribution in [-0.4, -0.2) is 30.2 Å². The predicted octanol–water partition coefficient (Wildman–Crippen LogP) is 1.23. The number of ether oxygens (including phenoxy) is 1. The molecule has 1 aliphatic carbocycles. The molecule has 98 valence electrons. The van der Waals surface area contributed by atoms with Crippen molar-refractivity contribution in [3.63, 3.8) is 0 Å². The molecule has 1 amide bonds. The number of hydrogen-bond donors (Lipinski definition) is 2. The van der Waals surface area contributed by atoms with Crippen molar-refractivity contribution in [3.8, 4) is 0 Å². The van der Waals surface area contributed by atoms with Gasteiger partial charge in [-0.15, -0.1) is 0 Å². The number of hydrogen-bond acceptors (Lipinski definition) is 3. The number of nitrogens with two attached hydrogens (primary N) is 1. The standard InChI is InChI=1S/C12H22N2O2S/c1-5-7(10(13)17)11(15)14-8-6-9(16-4)12(8,2)3/h7-9H,5-6H2,1-4H3,(H2,13,17)(H,14,15). The molecule has 17 heavy (non-hydrogen) atoms. The van der Waals surface area contributed by atoms with Gasteiger partial charge in [0.1, 0.15) is 0 Å². The summed E-state index contributed by atoms with van der Waals surface area (Å²) in [4.78, 5) is 12.3. The fourth-order valence-electron chi connectivity index (χ4n) is 2.32. The van der Waals surface area contributed by atoms with Gasteiger partial charge in [-0.25, -0.2) is 0 Å². The van der Waals surface area contributed by atoms with Crippen LogP contribution in [0.25, 0.3) is 0 Å². The number of thiocarbonyl (C=S) groups is 1. The van der Waals surface area contributed by atoms with Gasteiger partial charge in [-0.3, -0.25) is 4.79 Å². The molecule has 0 spiro atoms. The van der Waals surface area contributed by atoms with Crippen molar-refractivity contribution in [1.82, 2.24) is 5.32 Å². The lowest BCUT2D eigenvalue weighted by molar-refractivity contribution is -0.134. The van der Waals surface area contributed by atoms with Crippen molar-refractivity contribution in [2.45, 2.75) is 45.8 Å². The van der Waals surface area contributed by atoms with Crippen LogP contribution in [0.15, 0.2) is 0 Å². The minimum Gasteiger partial charge on any atom is -0.393 e. The monoisotopic (exact) mass is 258 g/mol. The molecule has 0 heterocycles. The molecule has 0 aliphatic heterocycles. The van der Waals surface area contributed by atoms with Gasteiger partial charge in [-0.1, -0.05) is 33.0 Å². The maximum Gasteiger partial charge on any atom is 0.230 e. The minimum atomic E-state index is -0.359. The first-order chi connectivity index (χ1) is 7.84. The highest BCUT2D eigenvalue weighted by Crippen LogP contribution is 2.42. The van der Waals surface area contributed by atoms with Crippen molar-refractivity contribution in [1.29, 1.82) is 0 Å². The first-order valence-corrected chi connectivity index (χ1v) is 6.37. The van der Waals surface area contributed by atoms with Crippen LogP contribution in [-0.2, 0) is 9.53 Å². The molecule has 0 saturated heterocycles. The Hall–Kier alpha value is -0.680. The molecule has 0 aromatic rings. The molecule has 1 fully saturated rings. The van der Waals surface area contributed by atoms with Crippen LogP contribution >= 0.6 is 12.2 Å². The summed E-state index contributed by atoms with van der Waals surface area (Å²) in [5, 5.41) is 3.02. The summed E-state index contributed by atoms with van der Waals surface area (Å²) in [6.07, 6.45) is 1.70. The zero-order valence-corrected chi connectivity index (χ0v) is 11.8. The SMILES string of the molecule is CCC(C(=O)NC1CC(OC)C1(C)C)C(N)=S. The van der Waals surface area contributed by atoms with Gasteiger partial charge in [0, 0.05) is 18.6 Å². The van der Waals surface area contributed by atoms with Crippen molar-refractivity contribution in [2.24, 2.45) is 17.1 Å². The minimum absolute atomic E-state index is 0.0289. The molecule has 0 radical (unpaired) electrons. The molecular weight excluding hydrogens is 236 g/mol. The molecular formula is C12H22N2O2S. The zero-order valence-electron chi connectivity index (χ0n) is 10.9. The number of carbonyl (C=O) groups excluding carboxylic acids is 1. The Morgan fingerprint density at radius 3 is 2.59 bits per heavy atom. The van der Waals surface area contributed by atoms with Crippen LogP contribution < -0.4 is 11.1 Å². The smallest absolute Gasteiger partial charge is 0.230 e. The van der Waals surface area contributed by atoms with Gasteiger partial charge < -0.3 is 15.8 Å². The van der Waals surface area contributed by atoms with E-state index in [1.807, 2.05) is 6.92 Å². The average molecular weight is 258 g/mol. The summed E-state index contributed by atoms with van der Waals surface area (Å²) in [5.74, 6) is -0.421. The summed E-state index contributed by atoms with van der Waals surface area (Å²) in [6, 6.07) is 0.142. The summed E-state index contributed by atoms with van der Waals surface area (Å²) >= 11 is 4.89. The van der Waals surface area contributed by atoms with Gasteiger partial charge in [0.2, 0.25) is 5.91 Å². The molecule has 3 unspecified atom stereocenters. The van der Waals surface area contributed by atoms with Crippen LogP contribution in [0.3, 0.4) is 0 Å². The molecule has 0 aromatic carbocycles. The molecule has 3 atom stereocenters. The number of methoxy groups -OCH3 is 1. The Kier molecular flexibility index (Phi) is 4.49. The van der Waals surface area contributed by atoms with Gasteiger partial charge in [-0.2, -0.15) is 0 Å². The second-order valence-corrected chi connectivity index (χ2v) is 5.68. The van der Waals surface area contributed by atoms with E-state index in [4.69, 9.17) is 22.7 Å². The van der Waals surface area contributed by atoms with E-state index in [-0.39, 0.29) is 34.4 Å². The highest BCUT2D eigenvalue weighted by atomic mass is 32.1. The largest absolute Gasteiger partial charge is 0.393 e. The van der Waals surface area contributed by atoms with Crippen LogP contribution in [0.5, 0.6) is 0 Å². The normalized spacial score (nSPS) is 28.0. The lowest BCUT2D eigenvalue weighted by atomic mass is 9.64. The average Bonchev–Trinajstić information content (AvgIpc) is 2.23. The van der Waals surface area contributed by atoms with E-state index >= 15 is 0 Å². The molecule has 4 nitrogen and oxygen atoms in total. The highest BCUT2D eigenvalue weighted by Gasteiger charge is 2.49. The predicted molar refractivity (Wildman–Crippen MR) is 71.7 cm³/mol. The fraction of sp³-hybridized carbons (Fsp3) is 0.833. The van der Waals surface area contributed by atoms with Gasteiger partial charge in [-0.05, 0) is 12.8 Å². The number of rotatable bonds is 5. The first kappa shape index (κ1) is 14.4. The second-order valence-electron chi connectivity index (χ2n) is 5.21. The molecule has 3 N–H and O–H groups in total. The van der Waals surface area contributed by atoms with E-state index < -0.39 is 0 Å². The summed E-state index contributed by atoms with van der Waals surface area (Å²) in [5.41, 5.74) is 5.52. The lowest BCUT2D eigenvalue weighted by Crippen LogP contribution is -2.62. The van der Waals surface area contributed by atoms with Crippen molar-refractivity contribution in [2.75, 3.05) is 7.11 Å². The molecule has 1 rings (SSSR count). The third-order valence-electron chi connectivity index (χ3n) is 3.85. The Labute approximate surface area is 108 Å². The van der Waals surface area contributed by atoms with E-state index in [0.717, 1.165) is 6.42 Å². The van der Waals surface area contributed by atoms with Gasteiger partial charge in [0.05, 0.1) is 17.0 Å². The first-order valence-electron chi connectivity index (χ1n) is 5.97. The van der Waals surface area contributed by atoms with Gasteiger partial charge >= 0.3 is 0 Å². The van der Waals surface area contributed by atoms with Crippen LogP contribution in [0.4, 0.5) is 0 Å². The summed E-state index contributed by atoms with van der Waals surface area (Å²) in [7, 11) is 1.70. The van der Waals surface area contributed by atoms with E-state index in [1.165, 1.54) is 0 Å². The van der Waals surface area contributed by atoms with Crippen molar-refractivity contribution in [3.05, 3.63) is 0 Å². The Morgan fingerprint density at radius 1 is 1.65 bits per heavy atom. The van der Waals surface area contributed by atoms with E-state index in [9.17, 15) is 4.79 Å². The van der Waals surface area contributed by atoms with E-state index in [0.29, 0.717) is 6.42 Å². The maximum atomic E-state index is 12.0. The lowest BCUT2D eigenvalue weighted by Gasteiger charge is -2.51. The fourth-order valence-corrected chi connectivity index (χ4v) is 2.59. The molecule has 1 aliphatic rings. The molecule has 5 heteroatoms. The van der Waals surface area contributed by atoms with Crippen LogP contribution in [0.1, 0.15) is 33.6 Å². The Morgan fingerprint density at radius 2 is 2.24 bits per heavy atom. The third kappa shape index (κ3) is 2.77. The topological polar surface area (TPSA) is 64.3 Å². The summed E-state index contributed by atoms with van der Waals surface area (Å²) in [6.45, 7) is 6.10. The van der Waals surface area contributed by atoms with Crippen molar-refractivity contribution >= 4 is 23.1 Å².